The third-order valence-corrected chi connectivity index (χ3v) is 4.44. The van der Waals surface area contributed by atoms with Gasteiger partial charge in [-0.25, -0.2) is 0 Å². The van der Waals surface area contributed by atoms with Gasteiger partial charge >= 0.3 is 0 Å². The Hall–Kier alpha value is -2.20. The predicted octanol–water partition coefficient (Wildman–Crippen LogP) is 4.23. The number of hydrogen-bond donors (Lipinski definition) is 1. The minimum atomic E-state index is -0.599. The number of hydrogen-bond acceptors (Lipinski definition) is 3. The molecule has 4 nitrogen and oxygen atoms in total. The monoisotopic (exact) mass is 361 g/mol. The molecule has 1 unspecified atom stereocenters. The van der Waals surface area contributed by atoms with E-state index in [-0.39, 0.29) is 5.91 Å². The molecular formula is C20H24ClNO3. The zero-order chi connectivity index (χ0) is 18.4. The van der Waals surface area contributed by atoms with Crippen LogP contribution in [0.15, 0.2) is 36.4 Å². The Bertz CT molecular complexity index is 722. The first-order valence-electron chi connectivity index (χ1n) is 8.28. The van der Waals surface area contributed by atoms with E-state index >= 15 is 0 Å². The summed E-state index contributed by atoms with van der Waals surface area (Å²) in [5.41, 5.74) is 2.92. The van der Waals surface area contributed by atoms with E-state index in [1.807, 2.05) is 57.2 Å². The van der Waals surface area contributed by atoms with Crippen LogP contribution in [-0.2, 0) is 4.79 Å². The first-order chi connectivity index (χ1) is 11.9. The topological polar surface area (TPSA) is 47.6 Å². The molecule has 0 fully saturated rings. The molecule has 1 atom stereocenters. The number of para-hydroxylation sites is 1. The Kier molecular flexibility index (Phi) is 6.71. The number of carbonyl (C=O) groups is 1. The van der Waals surface area contributed by atoms with Crippen molar-refractivity contribution in [1.82, 2.24) is 5.32 Å². The maximum absolute atomic E-state index is 12.1. The van der Waals surface area contributed by atoms with Crippen LogP contribution in [0.5, 0.6) is 11.5 Å². The molecule has 2 rings (SSSR count). The van der Waals surface area contributed by atoms with Crippen molar-refractivity contribution in [2.45, 2.75) is 33.8 Å². The molecule has 0 aliphatic rings. The van der Waals surface area contributed by atoms with Gasteiger partial charge in [0.25, 0.3) is 5.91 Å². The molecule has 0 aromatic heterocycles. The minimum Gasteiger partial charge on any atom is -0.491 e. The number of aryl methyl sites for hydroxylation is 3. The highest BCUT2D eigenvalue weighted by Gasteiger charge is 2.15. The van der Waals surface area contributed by atoms with Gasteiger partial charge in [0.2, 0.25) is 0 Å². The number of benzene rings is 2. The van der Waals surface area contributed by atoms with Crippen molar-refractivity contribution in [1.29, 1.82) is 0 Å². The molecule has 5 heteroatoms. The highest BCUT2D eigenvalue weighted by Crippen LogP contribution is 2.26. The lowest BCUT2D eigenvalue weighted by atomic mass is 10.1. The molecule has 0 spiro atoms. The summed E-state index contributed by atoms with van der Waals surface area (Å²) in [5.74, 6) is 1.28. The van der Waals surface area contributed by atoms with Gasteiger partial charge in [-0.1, -0.05) is 29.8 Å². The molecule has 0 bridgehead atoms. The van der Waals surface area contributed by atoms with Crippen molar-refractivity contribution < 1.29 is 14.3 Å². The normalized spacial score (nSPS) is 11.7. The van der Waals surface area contributed by atoms with Crippen LogP contribution in [-0.4, -0.2) is 25.2 Å². The zero-order valence-electron chi connectivity index (χ0n) is 15.1. The van der Waals surface area contributed by atoms with Gasteiger partial charge in [-0.15, -0.1) is 0 Å². The van der Waals surface area contributed by atoms with Gasteiger partial charge in [-0.2, -0.15) is 0 Å². The Morgan fingerprint density at radius 1 is 1.12 bits per heavy atom. The van der Waals surface area contributed by atoms with Crippen molar-refractivity contribution in [3.8, 4) is 11.5 Å². The quantitative estimate of drug-likeness (QED) is 0.751. The highest BCUT2D eigenvalue weighted by molar-refractivity contribution is 6.32. The summed E-state index contributed by atoms with van der Waals surface area (Å²) in [6.45, 7) is 8.35. The first-order valence-corrected chi connectivity index (χ1v) is 8.66. The van der Waals surface area contributed by atoms with Crippen molar-refractivity contribution in [2.24, 2.45) is 0 Å². The van der Waals surface area contributed by atoms with E-state index in [1.165, 1.54) is 0 Å². The first kappa shape index (κ1) is 19.1. The fourth-order valence-corrected chi connectivity index (χ4v) is 2.54. The molecule has 0 saturated carbocycles. The average molecular weight is 362 g/mol. The van der Waals surface area contributed by atoms with E-state index < -0.39 is 6.10 Å². The second-order valence-corrected chi connectivity index (χ2v) is 6.41. The largest absolute Gasteiger partial charge is 0.491 e. The standard InChI is InChI=1S/C20H24ClNO3/c1-13-7-5-6-8-18(13)24-10-9-22-20(23)16(4)25-17-11-14(2)19(21)15(3)12-17/h5-8,11-12,16H,9-10H2,1-4H3,(H,22,23). The van der Waals surface area contributed by atoms with Gasteiger partial charge in [-0.3, -0.25) is 4.79 Å². The van der Waals surface area contributed by atoms with E-state index in [9.17, 15) is 4.79 Å². The number of halogens is 1. The SMILES string of the molecule is Cc1ccccc1OCCNC(=O)C(C)Oc1cc(C)c(Cl)c(C)c1. The second-order valence-electron chi connectivity index (χ2n) is 6.04. The predicted molar refractivity (Wildman–Crippen MR) is 101 cm³/mol. The summed E-state index contributed by atoms with van der Waals surface area (Å²) in [7, 11) is 0. The molecule has 0 aliphatic carbocycles. The van der Waals surface area contributed by atoms with E-state index in [0.29, 0.717) is 18.9 Å². The van der Waals surface area contributed by atoms with Crippen LogP contribution < -0.4 is 14.8 Å². The number of amides is 1. The van der Waals surface area contributed by atoms with Crippen LogP contribution in [0, 0.1) is 20.8 Å². The van der Waals surface area contributed by atoms with Gasteiger partial charge in [0.15, 0.2) is 6.10 Å². The molecule has 2 aromatic carbocycles. The maximum atomic E-state index is 12.1. The summed E-state index contributed by atoms with van der Waals surface area (Å²) >= 11 is 6.15. The van der Waals surface area contributed by atoms with Crippen molar-refractivity contribution in [2.75, 3.05) is 13.2 Å². The lowest BCUT2D eigenvalue weighted by Crippen LogP contribution is -2.38. The molecule has 1 amide bonds. The summed E-state index contributed by atoms with van der Waals surface area (Å²) in [5, 5.41) is 3.54. The smallest absolute Gasteiger partial charge is 0.260 e. The third kappa shape index (κ3) is 5.40. The number of carbonyl (C=O) groups excluding carboxylic acids is 1. The molecule has 0 radical (unpaired) electrons. The Morgan fingerprint density at radius 3 is 2.40 bits per heavy atom. The minimum absolute atomic E-state index is 0.182. The Morgan fingerprint density at radius 2 is 1.76 bits per heavy atom. The molecule has 1 N–H and O–H groups in total. The van der Waals surface area contributed by atoms with Crippen LogP contribution in [0.25, 0.3) is 0 Å². The highest BCUT2D eigenvalue weighted by atomic mass is 35.5. The Labute approximate surface area is 154 Å². The summed E-state index contributed by atoms with van der Waals surface area (Å²) in [6, 6.07) is 11.4. The van der Waals surface area contributed by atoms with Crippen LogP contribution in [0.1, 0.15) is 23.6 Å². The fourth-order valence-electron chi connectivity index (χ4n) is 2.43. The van der Waals surface area contributed by atoms with Crippen molar-refractivity contribution in [3.05, 3.63) is 58.1 Å². The molecule has 0 aliphatic heterocycles. The van der Waals surface area contributed by atoms with E-state index in [0.717, 1.165) is 27.5 Å². The molecule has 0 saturated heterocycles. The molecular weight excluding hydrogens is 338 g/mol. The van der Waals surface area contributed by atoms with E-state index in [2.05, 4.69) is 5.32 Å². The maximum Gasteiger partial charge on any atom is 0.260 e. The molecule has 0 heterocycles. The summed E-state index contributed by atoms with van der Waals surface area (Å²) < 4.78 is 11.4. The Balaban J connectivity index is 1.79. The lowest BCUT2D eigenvalue weighted by molar-refractivity contribution is -0.127. The number of ether oxygens (including phenoxy) is 2. The molecule has 25 heavy (non-hydrogen) atoms. The lowest BCUT2D eigenvalue weighted by Gasteiger charge is -2.16. The van der Waals surface area contributed by atoms with Gasteiger partial charge in [0.1, 0.15) is 18.1 Å². The summed E-state index contributed by atoms with van der Waals surface area (Å²) in [6.07, 6.45) is -0.599. The van der Waals surface area contributed by atoms with Crippen LogP contribution in [0.4, 0.5) is 0 Å². The van der Waals surface area contributed by atoms with Crippen LogP contribution in [0.2, 0.25) is 5.02 Å². The number of rotatable bonds is 7. The second kappa shape index (κ2) is 8.77. The summed E-state index contributed by atoms with van der Waals surface area (Å²) in [4.78, 5) is 12.1. The zero-order valence-corrected chi connectivity index (χ0v) is 15.8. The van der Waals surface area contributed by atoms with Gasteiger partial charge in [0, 0.05) is 5.02 Å². The molecule has 134 valence electrons. The van der Waals surface area contributed by atoms with Gasteiger partial charge in [-0.05, 0) is 62.6 Å². The van der Waals surface area contributed by atoms with E-state index in [1.54, 1.807) is 6.92 Å². The fraction of sp³-hybridized carbons (Fsp3) is 0.350. The van der Waals surface area contributed by atoms with E-state index in [4.69, 9.17) is 21.1 Å². The van der Waals surface area contributed by atoms with Gasteiger partial charge in [0.05, 0.1) is 6.54 Å². The van der Waals surface area contributed by atoms with Crippen LogP contribution in [0.3, 0.4) is 0 Å². The molecule has 2 aromatic rings. The van der Waals surface area contributed by atoms with Gasteiger partial charge < -0.3 is 14.8 Å². The van der Waals surface area contributed by atoms with Crippen molar-refractivity contribution in [3.63, 3.8) is 0 Å². The number of nitrogens with one attached hydrogen (secondary N) is 1. The van der Waals surface area contributed by atoms with Crippen molar-refractivity contribution >= 4 is 17.5 Å². The average Bonchev–Trinajstić information content (AvgIpc) is 2.57. The van der Waals surface area contributed by atoms with Crippen LogP contribution >= 0.6 is 11.6 Å². The third-order valence-electron chi connectivity index (χ3n) is 3.84.